The fourth-order valence-corrected chi connectivity index (χ4v) is 5.93. The van der Waals surface area contributed by atoms with Gasteiger partial charge in [0, 0.05) is 11.5 Å². The summed E-state index contributed by atoms with van der Waals surface area (Å²) in [6, 6.07) is 3.72. The predicted molar refractivity (Wildman–Crippen MR) is 146 cm³/mol. The number of hydrogen-bond donors (Lipinski definition) is 2. The van der Waals surface area contributed by atoms with Crippen molar-refractivity contribution in [1.82, 2.24) is 0 Å². The summed E-state index contributed by atoms with van der Waals surface area (Å²) in [6.45, 7) is 9.81. The van der Waals surface area contributed by atoms with Crippen LogP contribution < -0.4 is 0 Å². The Hall–Kier alpha value is -3.41. The molecule has 0 radical (unpaired) electrons. The molecule has 38 heavy (non-hydrogen) atoms. The zero-order valence-corrected chi connectivity index (χ0v) is 23.0. The highest BCUT2D eigenvalue weighted by Gasteiger charge is 2.62. The minimum absolute atomic E-state index is 0.0785. The Morgan fingerprint density at radius 1 is 0.842 bits per heavy atom. The van der Waals surface area contributed by atoms with Crippen molar-refractivity contribution in [2.75, 3.05) is 0 Å². The lowest BCUT2D eigenvalue weighted by Gasteiger charge is -2.34. The Morgan fingerprint density at radius 2 is 1.45 bits per heavy atom. The van der Waals surface area contributed by atoms with Gasteiger partial charge in [-0.1, -0.05) is 34.9 Å². The lowest BCUT2D eigenvalue weighted by molar-refractivity contribution is -0.144. The molecule has 0 spiro atoms. The highest BCUT2D eigenvalue weighted by Crippen LogP contribution is 2.51. The molecule has 1 aromatic carbocycles. The van der Waals surface area contributed by atoms with Crippen molar-refractivity contribution >= 4 is 17.3 Å². The summed E-state index contributed by atoms with van der Waals surface area (Å²) in [5.41, 5.74) is 0.670. The van der Waals surface area contributed by atoms with Gasteiger partial charge >= 0.3 is 0 Å². The smallest absolute Gasteiger partial charge is 0.230 e. The third-order valence-corrected chi connectivity index (χ3v) is 8.32. The number of ether oxygens (including phenoxy) is 1. The zero-order valence-electron chi connectivity index (χ0n) is 23.0. The van der Waals surface area contributed by atoms with Gasteiger partial charge in [0.2, 0.25) is 17.3 Å². The first-order valence-electron chi connectivity index (χ1n) is 13.4. The Balaban J connectivity index is 1.91. The van der Waals surface area contributed by atoms with E-state index >= 15 is 0 Å². The average molecular weight is 519 g/mol. The van der Waals surface area contributed by atoms with Crippen LogP contribution in [0.4, 0.5) is 0 Å². The second-order valence-corrected chi connectivity index (χ2v) is 11.6. The largest absolute Gasteiger partial charge is 0.508 e. The first kappa shape index (κ1) is 27.6. The van der Waals surface area contributed by atoms with Crippen molar-refractivity contribution < 1.29 is 29.3 Å². The van der Waals surface area contributed by atoms with Crippen LogP contribution in [0.1, 0.15) is 85.1 Å². The number of rotatable bonds is 1. The molecule has 202 valence electrons. The molecule has 4 aliphatic rings. The van der Waals surface area contributed by atoms with Gasteiger partial charge in [0.25, 0.3) is 0 Å². The molecule has 6 heteroatoms. The normalized spacial score (nSPS) is 30.9. The topological polar surface area (TPSA) is 101 Å². The third-order valence-electron chi connectivity index (χ3n) is 8.32. The van der Waals surface area contributed by atoms with Crippen LogP contribution in [-0.2, 0) is 24.5 Å². The van der Waals surface area contributed by atoms with Gasteiger partial charge < -0.3 is 14.9 Å². The molecule has 3 aliphatic carbocycles. The third kappa shape index (κ3) is 4.89. The van der Waals surface area contributed by atoms with E-state index < -0.39 is 34.3 Å². The Labute approximate surface area is 224 Å². The summed E-state index contributed by atoms with van der Waals surface area (Å²) in [4.78, 5) is 42.2. The standard InChI is InChI=1S/C32H38O6/c1-19-8-6-10-20(2)12-14-23-26-27(35)29(36)32(17-16-21(3)11-7-9-19,24-18-22(33)13-15-25(24)34)30(37)28(26)38-31(23,4)5/h9-10,13,15-16,18,23,33-34H,6-8,11-12,14,17H2,1-5H3/b19-9+,20-10+,21-16+/t23-,32-/m1/s1. The Morgan fingerprint density at radius 3 is 2.11 bits per heavy atom. The van der Waals surface area contributed by atoms with Crippen LogP contribution >= 0.6 is 0 Å². The maximum atomic E-state index is 14.3. The van der Waals surface area contributed by atoms with Crippen LogP contribution in [0.2, 0.25) is 0 Å². The van der Waals surface area contributed by atoms with Crippen LogP contribution in [0.3, 0.4) is 0 Å². The number of ketones is 3. The molecule has 0 unspecified atom stereocenters. The van der Waals surface area contributed by atoms with Crippen molar-refractivity contribution in [3.63, 3.8) is 0 Å². The Bertz CT molecular complexity index is 1300. The molecule has 1 aliphatic heterocycles. The summed E-state index contributed by atoms with van der Waals surface area (Å²) in [6.07, 6.45) is 10.9. The average Bonchev–Trinajstić information content (AvgIpc) is 3.13. The molecular weight excluding hydrogens is 480 g/mol. The lowest BCUT2D eigenvalue weighted by Crippen LogP contribution is -2.52. The van der Waals surface area contributed by atoms with Gasteiger partial charge in [0.15, 0.2) is 5.76 Å². The Kier molecular flexibility index (Phi) is 7.55. The van der Waals surface area contributed by atoms with E-state index in [-0.39, 0.29) is 34.8 Å². The number of aromatic hydroxyl groups is 2. The van der Waals surface area contributed by atoms with E-state index in [0.29, 0.717) is 12.8 Å². The monoisotopic (exact) mass is 518 g/mol. The molecule has 0 amide bonds. The highest BCUT2D eigenvalue weighted by molar-refractivity contribution is 6.54. The van der Waals surface area contributed by atoms with Gasteiger partial charge in [-0.15, -0.1) is 0 Å². The number of carbonyl (C=O) groups is 3. The number of phenols is 2. The SMILES string of the molecule is C/C1=C\CC/C(C)=C/C[C@@]2(c3cc(O)ccc3O)C(=O)C(=O)C3=C(OC(C)(C)[C@@H]3CC/C(C)=C/CC1)C2=O. The van der Waals surface area contributed by atoms with Crippen molar-refractivity contribution in [2.45, 2.75) is 90.6 Å². The second-order valence-electron chi connectivity index (χ2n) is 11.6. The molecule has 1 heterocycles. The summed E-state index contributed by atoms with van der Waals surface area (Å²) in [5, 5.41) is 21.0. The quantitative estimate of drug-likeness (QED) is 0.195. The van der Waals surface area contributed by atoms with Crippen LogP contribution in [0.15, 0.2) is 64.5 Å². The molecule has 6 nitrogen and oxygen atoms in total. The van der Waals surface area contributed by atoms with Crippen molar-refractivity contribution in [2.24, 2.45) is 5.92 Å². The van der Waals surface area contributed by atoms with Gasteiger partial charge in [-0.25, -0.2) is 0 Å². The van der Waals surface area contributed by atoms with Gasteiger partial charge in [-0.05, 0) is 97.8 Å². The fraction of sp³-hybridized carbons (Fsp3) is 0.469. The van der Waals surface area contributed by atoms with E-state index in [2.05, 4.69) is 26.0 Å². The van der Waals surface area contributed by atoms with Crippen molar-refractivity contribution in [1.29, 1.82) is 0 Å². The first-order valence-corrected chi connectivity index (χ1v) is 13.4. The van der Waals surface area contributed by atoms with E-state index in [0.717, 1.165) is 31.3 Å². The molecular formula is C32H38O6. The highest BCUT2D eigenvalue weighted by atomic mass is 16.5. The van der Waals surface area contributed by atoms with Crippen LogP contribution in [-0.4, -0.2) is 33.2 Å². The lowest BCUT2D eigenvalue weighted by atomic mass is 9.63. The molecule has 0 fully saturated rings. The molecule has 4 bridgehead atoms. The van der Waals surface area contributed by atoms with Crippen molar-refractivity contribution in [3.05, 3.63) is 70.0 Å². The van der Waals surface area contributed by atoms with Gasteiger partial charge in [0.05, 0.1) is 5.57 Å². The van der Waals surface area contributed by atoms with Crippen LogP contribution in [0.5, 0.6) is 11.5 Å². The maximum absolute atomic E-state index is 14.3. The zero-order chi connectivity index (χ0) is 27.8. The van der Waals surface area contributed by atoms with E-state index in [1.807, 2.05) is 20.8 Å². The summed E-state index contributed by atoms with van der Waals surface area (Å²) in [5.74, 6) is -3.32. The molecule has 0 aromatic heterocycles. The number of allylic oxidation sites excluding steroid dienone is 7. The molecule has 1 aromatic rings. The van der Waals surface area contributed by atoms with Gasteiger partial charge in [-0.3, -0.25) is 14.4 Å². The summed E-state index contributed by atoms with van der Waals surface area (Å²) >= 11 is 0. The predicted octanol–water partition coefficient (Wildman–Crippen LogP) is 6.32. The molecule has 2 atom stereocenters. The number of Topliss-reactive ketones (excluding diaryl/α,β-unsaturated/α-hetero) is 3. The molecule has 0 saturated carbocycles. The minimum atomic E-state index is -2.02. The number of phenolic OH excluding ortho intramolecular Hbond substituents is 2. The van der Waals surface area contributed by atoms with E-state index in [1.165, 1.54) is 29.3 Å². The summed E-state index contributed by atoms with van der Waals surface area (Å²) < 4.78 is 6.20. The van der Waals surface area contributed by atoms with Crippen molar-refractivity contribution in [3.8, 4) is 11.5 Å². The van der Waals surface area contributed by atoms with E-state index in [4.69, 9.17) is 4.74 Å². The first-order chi connectivity index (χ1) is 17.9. The van der Waals surface area contributed by atoms with E-state index in [9.17, 15) is 24.6 Å². The molecule has 0 saturated heterocycles. The van der Waals surface area contributed by atoms with Crippen LogP contribution in [0.25, 0.3) is 0 Å². The number of benzene rings is 1. The minimum Gasteiger partial charge on any atom is -0.508 e. The second kappa shape index (κ2) is 10.4. The summed E-state index contributed by atoms with van der Waals surface area (Å²) in [7, 11) is 0. The molecule has 5 rings (SSSR count). The van der Waals surface area contributed by atoms with Gasteiger partial charge in [0.1, 0.15) is 22.5 Å². The maximum Gasteiger partial charge on any atom is 0.230 e. The number of carbonyl (C=O) groups excluding carboxylic acids is 3. The van der Waals surface area contributed by atoms with Gasteiger partial charge in [-0.2, -0.15) is 0 Å². The van der Waals surface area contributed by atoms with Crippen LogP contribution in [0, 0.1) is 5.92 Å². The molecule has 2 N–H and O–H groups in total. The van der Waals surface area contributed by atoms with E-state index in [1.54, 1.807) is 6.08 Å². The number of fused-ring (bicyclic) bond motifs is 10. The number of hydrogen-bond acceptors (Lipinski definition) is 6. The fourth-order valence-electron chi connectivity index (χ4n) is 5.93.